The molecule has 0 saturated carbocycles. The van der Waals surface area contributed by atoms with E-state index in [1.54, 1.807) is 12.1 Å². The van der Waals surface area contributed by atoms with Crippen LogP contribution >= 0.6 is 67.8 Å². The molecular formula is C14H10I3NO2. The predicted octanol–water partition coefficient (Wildman–Crippen LogP) is 4.25. The quantitative estimate of drug-likeness (QED) is 0.407. The van der Waals surface area contributed by atoms with Crippen molar-refractivity contribution in [2.75, 3.05) is 5.32 Å². The lowest BCUT2D eigenvalue weighted by molar-refractivity contribution is 0.102. The highest BCUT2D eigenvalue weighted by molar-refractivity contribution is 14.1. The molecule has 0 saturated heterocycles. The van der Waals surface area contributed by atoms with E-state index in [9.17, 15) is 9.90 Å². The molecule has 2 aromatic rings. The number of hydrogen-bond donors (Lipinski definition) is 2. The van der Waals surface area contributed by atoms with E-state index in [4.69, 9.17) is 0 Å². The van der Waals surface area contributed by atoms with Crippen molar-refractivity contribution in [1.29, 1.82) is 0 Å². The van der Waals surface area contributed by atoms with Gasteiger partial charge in [0.15, 0.2) is 0 Å². The molecule has 0 heterocycles. The fraction of sp³-hybridized carbons (Fsp3) is 0.0714. The van der Waals surface area contributed by atoms with Gasteiger partial charge in [-0.3, -0.25) is 4.79 Å². The van der Waals surface area contributed by atoms with E-state index in [0.717, 1.165) is 10.7 Å². The van der Waals surface area contributed by atoms with Crippen LogP contribution in [0.15, 0.2) is 36.4 Å². The van der Waals surface area contributed by atoms with Crippen molar-refractivity contribution < 1.29 is 9.90 Å². The Bertz CT molecular complexity index is 659. The van der Waals surface area contributed by atoms with Crippen LogP contribution in [-0.4, -0.2) is 11.0 Å². The topological polar surface area (TPSA) is 49.3 Å². The molecular weight excluding hydrogens is 595 g/mol. The van der Waals surface area contributed by atoms with E-state index >= 15 is 0 Å². The van der Waals surface area contributed by atoms with Crippen molar-refractivity contribution >= 4 is 79.4 Å². The van der Waals surface area contributed by atoms with Gasteiger partial charge in [-0.25, -0.2) is 0 Å². The highest BCUT2D eigenvalue weighted by Gasteiger charge is 2.14. The number of amides is 1. The van der Waals surface area contributed by atoms with Crippen LogP contribution in [0.25, 0.3) is 0 Å². The molecule has 0 spiro atoms. The molecule has 0 aliphatic heterocycles. The minimum Gasteiger partial charge on any atom is -0.392 e. The zero-order chi connectivity index (χ0) is 14.7. The van der Waals surface area contributed by atoms with Crippen molar-refractivity contribution in [1.82, 2.24) is 0 Å². The number of halogens is 3. The Morgan fingerprint density at radius 1 is 1.15 bits per heavy atom. The molecule has 20 heavy (non-hydrogen) atoms. The third-order valence-corrected chi connectivity index (χ3v) is 6.34. The Labute approximate surface area is 158 Å². The van der Waals surface area contributed by atoms with Crippen LogP contribution in [0.2, 0.25) is 0 Å². The van der Waals surface area contributed by atoms with Crippen LogP contribution in [0.4, 0.5) is 5.69 Å². The zero-order valence-electron chi connectivity index (χ0n) is 10.2. The number of aliphatic hydroxyl groups is 1. The Morgan fingerprint density at radius 2 is 1.85 bits per heavy atom. The first kappa shape index (κ1) is 16.4. The van der Waals surface area contributed by atoms with Crippen LogP contribution in [0.5, 0.6) is 0 Å². The molecule has 2 aromatic carbocycles. The Morgan fingerprint density at radius 3 is 2.55 bits per heavy atom. The summed E-state index contributed by atoms with van der Waals surface area (Å²) in [5, 5.41) is 12.2. The SMILES string of the molecule is O=C(Nc1ccccc1CO)c1cc(I)cc(I)c1I. The van der Waals surface area contributed by atoms with Gasteiger partial charge in [0.25, 0.3) is 5.91 Å². The van der Waals surface area contributed by atoms with Gasteiger partial charge in [0.1, 0.15) is 0 Å². The molecule has 1 amide bonds. The molecule has 0 aromatic heterocycles. The summed E-state index contributed by atoms with van der Waals surface area (Å²) in [6.07, 6.45) is 0. The molecule has 2 rings (SSSR count). The van der Waals surface area contributed by atoms with E-state index < -0.39 is 0 Å². The summed E-state index contributed by atoms with van der Waals surface area (Å²) in [5.74, 6) is -0.160. The molecule has 6 heteroatoms. The van der Waals surface area contributed by atoms with Gasteiger partial charge in [0.05, 0.1) is 12.2 Å². The van der Waals surface area contributed by atoms with Gasteiger partial charge in [-0.05, 0) is 86.0 Å². The van der Waals surface area contributed by atoms with Crippen molar-refractivity contribution in [2.45, 2.75) is 6.61 Å². The fourth-order valence-electron chi connectivity index (χ4n) is 1.69. The standard InChI is InChI=1S/C14H10I3NO2/c15-9-5-10(13(17)11(16)6-9)14(20)18-12-4-2-1-3-8(12)7-19/h1-6,19H,7H2,(H,18,20). The summed E-state index contributed by atoms with van der Waals surface area (Å²) in [7, 11) is 0. The minimum atomic E-state index is -0.160. The number of aliphatic hydroxyl groups excluding tert-OH is 1. The lowest BCUT2D eigenvalue weighted by Crippen LogP contribution is -2.15. The molecule has 0 bridgehead atoms. The van der Waals surface area contributed by atoms with Crippen molar-refractivity contribution in [2.24, 2.45) is 0 Å². The number of carbonyl (C=O) groups is 1. The normalized spacial score (nSPS) is 10.4. The van der Waals surface area contributed by atoms with Crippen LogP contribution in [-0.2, 0) is 6.61 Å². The molecule has 0 radical (unpaired) electrons. The molecule has 0 atom stereocenters. The average Bonchev–Trinajstić information content (AvgIpc) is 2.43. The Balaban J connectivity index is 2.33. The lowest BCUT2D eigenvalue weighted by Gasteiger charge is -2.11. The first-order valence-electron chi connectivity index (χ1n) is 5.67. The number of carbonyl (C=O) groups excluding carboxylic acids is 1. The minimum absolute atomic E-state index is 0.0998. The molecule has 2 N–H and O–H groups in total. The largest absolute Gasteiger partial charge is 0.392 e. The first-order valence-corrected chi connectivity index (χ1v) is 8.91. The summed E-state index contributed by atoms with van der Waals surface area (Å²) in [6.45, 7) is -0.0998. The van der Waals surface area contributed by atoms with Crippen LogP contribution in [0, 0.1) is 10.7 Å². The molecule has 0 aliphatic carbocycles. The smallest absolute Gasteiger partial charge is 0.256 e. The first-order chi connectivity index (χ1) is 9.52. The van der Waals surface area contributed by atoms with Gasteiger partial charge >= 0.3 is 0 Å². The maximum Gasteiger partial charge on any atom is 0.256 e. The predicted molar refractivity (Wildman–Crippen MR) is 105 cm³/mol. The summed E-state index contributed by atoms with van der Waals surface area (Å²) in [4.78, 5) is 12.4. The third-order valence-electron chi connectivity index (χ3n) is 2.67. The maximum atomic E-state index is 12.4. The summed E-state index contributed by atoms with van der Waals surface area (Å²) < 4.78 is 3.01. The van der Waals surface area contributed by atoms with Crippen molar-refractivity contribution in [3.63, 3.8) is 0 Å². The third kappa shape index (κ3) is 3.83. The molecule has 0 aliphatic rings. The number of nitrogens with one attached hydrogen (secondary N) is 1. The monoisotopic (exact) mass is 605 g/mol. The zero-order valence-corrected chi connectivity index (χ0v) is 16.6. The lowest BCUT2D eigenvalue weighted by atomic mass is 10.1. The average molecular weight is 605 g/mol. The Hall–Kier alpha value is 0.0600. The summed E-state index contributed by atoms with van der Waals surface area (Å²) in [5.41, 5.74) is 2.00. The van der Waals surface area contributed by atoms with E-state index in [-0.39, 0.29) is 12.5 Å². The van der Waals surface area contributed by atoms with E-state index in [1.807, 2.05) is 24.3 Å². The van der Waals surface area contributed by atoms with Crippen LogP contribution < -0.4 is 5.32 Å². The van der Waals surface area contributed by atoms with E-state index in [2.05, 4.69) is 73.1 Å². The molecule has 104 valence electrons. The Kier molecular flexibility index (Phi) is 6.05. The van der Waals surface area contributed by atoms with Crippen LogP contribution in [0.3, 0.4) is 0 Å². The number of para-hydroxylation sites is 1. The van der Waals surface area contributed by atoms with Gasteiger partial charge in [0.2, 0.25) is 0 Å². The molecule has 0 unspecified atom stereocenters. The van der Waals surface area contributed by atoms with E-state index in [1.165, 1.54) is 0 Å². The number of anilines is 1. The number of rotatable bonds is 3. The van der Waals surface area contributed by atoms with Crippen LogP contribution in [0.1, 0.15) is 15.9 Å². The fourth-order valence-corrected chi connectivity index (χ4v) is 4.09. The number of hydrogen-bond acceptors (Lipinski definition) is 2. The second kappa shape index (κ2) is 7.36. The maximum absolute atomic E-state index is 12.4. The second-order valence-corrected chi connectivity index (χ2v) is 7.51. The van der Waals surface area contributed by atoms with E-state index in [0.29, 0.717) is 16.8 Å². The highest BCUT2D eigenvalue weighted by Crippen LogP contribution is 2.24. The summed E-state index contributed by atoms with van der Waals surface area (Å²) in [6, 6.07) is 11.1. The highest BCUT2D eigenvalue weighted by atomic mass is 127. The van der Waals surface area contributed by atoms with Gasteiger partial charge in [0, 0.05) is 22.0 Å². The van der Waals surface area contributed by atoms with Gasteiger partial charge in [-0.15, -0.1) is 0 Å². The van der Waals surface area contributed by atoms with Gasteiger partial charge in [-0.2, -0.15) is 0 Å². The van der Waals surface area contributed by atoms with Gasteiger partial charge in [-0.1, -0.05) is 18.2 Å². The van der Waals surface area contributed by atoms with Gasteiger partial charge < -0.3 is 10.4 Å². The van der Waals surface area contributed by atoms with Crippen molar-refractivity contribution in [3.05, 3.63) is 58.2 Å². The number of benzene rings is 2. The molecule has 3 nitrogen and oxygen atoms in total. The van der Waals surface area contributed by atoms with Crippen molar-refractivity contribution in [3.8, 4) is 0 Å². The summed E-state index contributed by atoms with van der Waals surface area (Å²) >= 11 is 6.60. The second-order valence-electron chi connectivity index (χ2n) is 4.02. The molecule has 0 fully saturated rings.